The summed E-state index contributed by atoms with van der Waals surface area (Å²) in [6, 6.07) is 7.69. The molecule has 2 saturated heterocycles. The molecular formula is C21H32ClN5O. The van der Waals surface area contributed by atoms with Crippen molar-refractivity contribution in [3.05, 3.63) is 34.9 Å². The lowest BCUT2D eigenvalue weighted by molar-refractivity contribution is -0.135. The van der Waals surface area contributed by atoms with Crippen LogP contribution in [0.1, 0.15) is 24.8 Å². The Kier molecular flexibility index (Phi) is 7.57. The number of halogens is 1. The Balaban J connectivity index is 1.43. The van der Waals surface area contributed by atoms with Crippen LogP contribution in [0.3, 0.4) is 0 Å². The summed E-state index contributed by atoms with van der Waals surface area (Å²) >= 11 is 5.94. The molecule has 1 amide bonds. The summed E-state index contributed by atoms with van der Waals surface area (Å²) in [6.07, 6.45) is 3.72. The minimum atomic E-state index is 0.138. The minimum absolute atomic E-state index is 0.138. The van der Waals surface area contributed by atoms with E-state index < -0.39 is 0 Å². The number of nitrogens with zero attached hydrogens (tertiary/aromatic N) is 4. The topological polar surface area (TPSA) is 51.2 Å². The van der Waals surface area contributed by atoms with Crippen molar-refractivity contribution in [2.24, 2.45) is 10.9 Å². The third kappa shape index (κ3) is 5.85. The highest BCUT2D eigenvalue weighted by atomic mass is 35.5. The molecule has 0 radical (unpaired) electrons. The van der Waals surface area contributed by atoms with Gasteiger partial charge in [0.2, 0.25) is 5.91 Å². The minimum Gasteiger partial charge on any atom is -0.356 e. The van der Waals surface area contributed by atoms with Gasteiger partial charge in [0, 0.05) is 38.2 Å². The zero-order valence-corrected chi connectivity index (χ0v) is 17.8. The van der Waals surface area contributed by atoms with Gasteiger partial charge in [-0.05, 0) is 63.0 Å². The molecule has 7 heteroatoms. The van der Waals surface area contributed by atoms with Crippen LogP contribution in [-0.2, 0) is 11.3 Å². The van der Waals surface area contributed by atoms with Crippen LogP contribution in [0, 0.1) is 5.92 Å². The van der Waals surface area contributed by atoms with Gasteiger partial charge in [0.15, 0.2) is 5.96 Å². The third-order valence-corrected chi connectivity index (χ3v) is 6.04. The van der Waals surface area contributed by atoms with Gasteiger partial charge >= 0.3 is 0 Å². The molecule has 0 spiro atoms. The average molecular weight is 406 g/mol. The number of hydrogen-bond acceptors (Lipinski definition) is 3. The molecule has 3 rings (SSSR count). The zero-order chi connectivity index (χ0) is 19.9. The average Bonchev–Trinajstić information content (AvgIpc) is 2.70. The number of piperazine rings is 1. The van der Waals surface area contributed by atoms with Gasteiger partial charge in [0.25, 0.3) is 0 Å². The second kappa shape index (κ2) is 10.1. The van der Waals surface area contributed by atoms with Gasteiger partial charge in [-0.25, -0.2) is 0 Å². The van der Waals surface area contributed by atoms with E-state index in [4.69, 9.17) is 11.6 Å². The SMILES string of the molecule is CN=C(NCCC1CCN(C)CC1)N1CCN(Cc2ccc(Cl)cc2)C(=O)C1. The van der Waals surface area contributed by atoms with E-state index in [1.807, 2.05) is 29.2 Å². The van der Waals surface area contributed by atoms with Crippen LogP contribution in [0.15, 0.2) is 29.3 Å². The van der Waals surface area contributed by atoms with Crippen molar-refractivity contribution in [3.8, 4) is 0 Å². The first-order chi connectivity index (χ1) is 13.5. The molecule has 0 aromatic heterocycles. The van der Waals surface area contributed by atoms with Crippen molar-refractivity contribution < 1.29 is 4.79 Å². The number of hydrogen-bond donors (Lipinski definition) is 1. The van der Waals surface area contributed by atoms with Crippen molar-refractivity contribution in [1.82, 2.24) is 20.0 Å². The van der Waals surface area contributed by atoms with E-state index in [0.717, 1.165) is 42.0 Å². The van der Waals surface area contributed by atoms with E-state index in [2.05, 4.69) is 27.2 Å². The largest absolute Gasteiger partial charge is 0.356 e. The standard InChI is InChI=1S/C21H32ClN5O/c1-23-21(24-10-7-17-8-11-25(2)12-9-17)27-14-13-26(20(28)16-27)15-18-3-5-19(22)6-4-18/h3-6,17H,7-16H2,1-2H3,(H,23,24). The molecule has 1 aromatic carbocycles. The quantitative estimate of drug-likeness (QED) is 0.603. The fourth-order valence-electron chi connectivity index (χ4n) is 3.94. The first kappa shape index (κ1) is 20.9. The molecule has 0 aliphatic carbocycles. The van der Waals surface area contributed by atoms with Crippen LogP contribution in [0.2, 0.25) is 5.02 Å². The number of rotatable bonds is 5. The van der Waals surface area contributed by atoms with Crippen LogP contribution in [0.25, 0.3) is 0 Å². The molecular weight excluding hydrogens is 374 g/mol. The van der Waals surface area contributed by atoms with Crippen molar-refractivity contribution in [2.45, 2.75) is 25.8 Å². The number of piperidine rings is 1. The second-order valence-electron chi connectivity index (χ2n) is 7.87. The number of aliphatic imine (C=N–C) groups is 1. The Labute approximate surface area is 173 Å². The fraction of sp³-hybridized carbons (Fsp3) is 0.619. The van der Waals surface area contributed by atoms with Gasteiger partial charge in [0.1, 0.15) is 0 Å². The number of nitrogens with one attached hydrogen (secondary N) is 1. The summed E-state index contributed by atoms with van der Waals surface area (Å²) in [7, 11) is 3.99. The first-order valence-corrected chi connectivity index (χ1v) is 10.6. The summed E-state index contributed by atoms with van der Waals surface area (Å²) in [6.45, 7) is 5.82. The lowest BCUT2D eigenvalue weighted by Gasteiger charge is -2.36. The number of carbonyl (C=O) groups excluding carboxylic acids is 1. The van der Waals surface area contributed by atoms with Crippen molar-refractivity contribution >= 4 is 23.5 Å². The highest BCUT2D eigenvalue weighted by Crippen LogP contribution is 2.19. The van der Waals surface area contributed by atoms with Gasteiger partial charge in [-0.1, -0.05) is 23.7 Å². The molecule has 0 unspecified atom stereocenters. The number of carbonyl (C=O) groups is 1. The van der Waals surface area contributed by atoms with E-state index in [-0.39, 0.29) is 5.91 Å². The zero-order valence-electron chi connectivity index (χ0n) is 17.0. The van der Waals surface area contributed by atoms with E-state index in [1.54, 1.807) is 7.05 Å². The van der Waals surface area contributed by atoms with Crippen molar-refractivity contribution in [1.29, 1.82) is 0 Å². The Morgan fingerprint density at radius 3 is 2.54 bits per heavy atom. The van der Waals surface area contributed by atoms with Crippen molar-refractivity contribution in [2.75, 3.05) is 53.4 Å². The summed E-state index contributed by atoms with van der Waals surface area (Å²) in [5.74, 6) is 1.77. The predicted octanol–water partition coefficient (Wildman–Crippen LogP) is 2.29. The molecule has 6 nitrogen and oxygen atoms in total. The fourth-order valence-corrected chi connectivity index (χ4v) is 4.06. The Hall–Kier alpha value is -1.79. The Bertz CT molecular complexity index is 670. The summed E-state index contributed by atoms with van der Waals surface area (Å²) in [4.78, 5) is 23.4. The van der Waals surface area contributed by atoms with Gasteiger partial charge in [-0.3, -0.25) is 9.79 Å². The van der Waals surface area contributed by atoms with Gasteiger partial charge in [-0.2, -0.15) is 0 Å². The second-order valence-corrected chi connectivity index (χ2v) is 8.31. The van der Waals surface area contributed by atoms with E-state index in [1.165, 1.54) is 25.9 Å². The normalized spacial score (nSPS) is 20.0. The molecule has 0 atom stereocenters. The van der Waals surface area contributed by atoms with E-state index in [9.17, 15) is 4.79 Å². The molecule has 2 aliphatic heterocycles. The van der Waals surface area contributed by atoms with E-state index >= 15 is 0 Å². The van der Waals surface area contributed by atoms with Gasteiger partial charge in [0.05, 0.1) is 6.54 Å². The number of benzene rings is 1. The number of amides is 1. The molecule has 2 heterocycles. The Morgan fingerprint density at radius 1 is 1.18 bits per heavy atom. The Morgan fingerprint density at radius 2 is 1.89 bits per heavy atom. The molecule has 2 fully saturated rings. The molecule has 0 bridgehead atoms. The van der Waals surface area contributed by atoms with Crippen LogP contribution < -0.4 is 5.32 Å². The lowest BCUT2D eigenvalue weighted by Crippen LogP contribution is -2.55. The third-order valence-electron chi connectivity index (χ3n) is 5.79. The molecule has 1 aromatic rings. The highest BCUT2D eigenvalue weighted by Gasteiger charge is 2.26. The first-order valence-electron chi connectivity index (χ1n) is 10.2. The van der Waals surface area contributed by atoms with E-state index in [0.29, 0.717) is 19.6 Å². The summed E-state index contributed by atoms with van der Waals surface area (Å²) in [5.41, 5.74) is 1.10. The van der Waals surface area contributed by atoms with Crippen LogP contribution in [0.5, 0.6) is 0 Å². The molecule has 0 saturated carbocycles. The highest BCUT2D eigenvalue weighted by molar-refractivity contribution is 6.30. The van der Waals surface area contributed by atoms with Crippen LogP contribution in [-0.4, -0.2) is 79.9 Å². The monoisotopic (exact) mass is 405 g/mol. The van der Waals surface area contributed by atoms with Gasteiger partial charge < -0.3 is 20.0 Å². The number of guanidine groups is 1. The maximum absolute atomic E-state index is 12.6. The maximum atomic E-state index is 12.6. The summed E-state index contributed by atoms with van der Waals surface area (Å²) in [5, 5.41) is 4.18. The maximum Gasteiger partial charge on any atom is 0.242 e. The summed E-state index contributed by atoms with van der Waals surface area (Å²) < 4.78 is 0. The van der Waals surface area contributed by atoms with Crippen molar-refractivity contribution in [3.63, 3.8) is 0 Å². The molecule has 1 N–H and O–H groups in total. The molecule has 154 valence electrons. The number of likely N-dealkylation sites (tertiary alicyclic amines) is 1. The predicted molar refractivity (Wildman–Crippen MR) is 115 cm³/mol. The van der Waals surface area contributed by atoms with Crippen LogP contribution >= 0.6 is 11.6 Å². The van der Waals surface area contributed by atoms with Gasteiger partial charge in [-0.15, -0.1) is 0 Å². The lowest BCUT2D eigenvalue weighted by atomic mass is 9.94. The smallest absolute Gasteiger partial charge is 0.242 e. The molecule has 2 aliphatic rings. The molecule has 28 heavy (non-hydrogen) atoms. The van der Waals surface area contributed by atoms with Crippen LogP contribution in [0.4, 0.5) is 0 Å².